The van der Waals surface area contributed by atoms with E-state index in [0.29, 0.717) is 5.92 Å². The summed E-state index contributed by atoms with van der Waals surface area (Å²) in [6.45, 7) is 4.40. The van der Waals surface area contributed by atoms with Crippen LogP contribution in [0.25, 0.3) is 0 Å². The van der Waals surface area contributed by atoms with Crippen molar-refractivity contribution in [2.24, 2.45) is 17.3 Å². The van der Waals surface area contributed by atoms with E-state index in [0.717, 1.165) is 12.8 Å². The Morgan fingerprint density at radius 1 is 1.33 bits per heavy atom. The van der Waals surface area contributed by atoms with Gasteiger partial charge in [0.15, 0.2) is 0 Å². The Morgan fingerprint density at radius 2 is 2.00 bits per heavy atom. The average Bonchev–Trinajstić information content (AvgIpc) is 2.04. The zero-order valence-corrected chi connectivity index (χ0v) is 7.88. The highest BCUT2D eigenvalue weighted by molar-refractivity contribution is 5.14. The second-order valence-corrected chi connectivity index (χ2v) is 5.00. The Kier molecular flexibility index (Phi) is 1.59. The van der Waals surface area contributed by atoms with Crippen molar-refractivity contribution in [3.05, 3.63) is 0 Å². The summed E-state index contributed by atoms with van der Waals surface area (Å²) in [7, 11) is 0. The van der Waals surface area contributed by atoms with Crippen LogP contribution in [0.2, 0.25) is 0 Å². The van der Waals surface area contributed by atoms with E-state index >= 15 is 0 Å². The predicted molar refractivity (Wildman–Crippen MR) is 46.6 cm³/mol. The van der Waals surface area contributed by atoms with Gasteiger partial charge in [-0.05, 0) is 30.6 Å². The first kappa shape index (κ1) is 8.52. The van der Waals surface area contributed by atoms with Crippen LogP contribution in [-0.2, 0) is 0 Å². The van der Waals surface area contributed by atoms with Gasteiger partial charge in [-0.15, -0.1) is 0 Å². The summed E-state index contributed by atoms with van der Waals surface area (Å²) >= 11 is 0. The first-order valence-electron chi connectivity index (χ1n) is 4.85. The maximum Gasteiger partial charge on any atom is 0.0753 e. The average molecular weight is 170 g/mol. The molecule has 0 amide bonds. The van der Waals surface area contributed by atoms with E-state index in [1.54, 1.807) is 0 Å². The molecule has 2 bridgehead atoms. The quantitative estimate of drug-likeness (QED) is 0.620. The van der Waals surface area contributed by atoms with Gasteiger partial charge in [0.1, 0.15) is 0 Å². The van der Waals surface area contributed by atoms with Gasteiger partial charge in [0.05, 0.1) is 5.60 Å². The Bertz CT molecular complexity index is 200. The van der Waals surface area contributed by atoms with Gasteiger partial charge in [0.2, 0.25) is 0 Å². The molecule has 2 nitrogen and oxygen atoms in total. The van der Waals surface area contributed by atoms with Crippen LogP contribution in [0, 0.1) is 17.3 Å². The van der Waals surface area contributed by atoms with Crippen LogP contribution < -0.4 is 0 Å². The lowest BCUT2D eigenvalue weighted by Crippen LogP contribution is -2.68. The standard InChI is InChI=1S/C10H18O2/c1-9(2)7-3-4-8(6-11)10(9,12)5-7/h7-8,11-12H,3-6H2,1-2H3/t7-,8+,10+/m0/s1. The van der Waals surface area contributed by atoms with Crippen molar-refractivity contribution in [3.8, 4) is 0 Å². The SMILES string of the molecule is CC1(C)[C@H]2CC[C@H](CO)[C@]1(O)C2. The fourth-order valence-electron chi connectivity index (χ4n) is 3.16. The molecule has 0 aromatic rings. The van der Waals surface area contributed by atoms with Crippen molar-refractivity contribution < 1.29 is 10.2 Å². The van der Waals surface area contributed by atoms with E-state index in [1.807, 2.05) is 0 Å². The molecular formula is C10H18O2. The number of aliphatic hydroxyl groups is 2. The molecule has 2 N–H and O–H groups in total. The molecule has 3 aliphatic carbocycles. The Labute approximate surface area is 73.6 Å². The smallest absolute Gasteiger partial charge is 0.0753 e. The lowest BCUT2D eigenvalue weighted by molar-refractivity contribution is -0.261. The van der Waals surface area contributed by atoms with Crippen LogP contribution in [-0.4, -0.2) is 22.4 Å². The number of rotatable bonds is 1. The molecule has 0 aromatic heterocycles. The molecule has 3 rings (SSSR count). The minimum atomic E-state index is -0.565. The van der Waals surface area contributed by atoms with Crippen molar-refractivity contribution in [1.82, 2.24) is 0 Å². The summed E-state index contributed by atoms with van der Waals surface area (Å²) in [6, 6.07) is 0. The van der Waals surface area contributed by atoms with Crippen molar-refractivity contribution >= 4 is 0 Å². The zero-order chi connectivity index (χ0) is 8.98. The highest BCUT2D eigenvalue weighted by Crippen LogP contribution is 2.63. The number of fused-ring (bicyclic) bond motifs is 2. The van der Waals surface area contributed by atoms with Gasteiger partial charge in [-0.3, -0.25) is 0 Å². The first-order chi connectivity index (χ1) is 5.52. The van der Waals surface area contributed by atoms with Gasteiger partial charge in [-0.1, -0.05) is 13.8 Å². The minimum Gasteiger partial charge on any atom is -0.396 e. The van der Waals surface area contributed by atoms with E-state index in [9.17, 15) is 5.11 Å². The molecule has 0 saturated heterocycles. The Morgan fingerprint density at radius 3 is 2.42 bits per heavy atom. The highest BCUT2D eigenvalue weighted by atomic mass is 16.3. The molecule has 2 heteroatoms. The van der Waals surface area contributed by atoms with Crippen LogP contribution in [0.15, 0.2) is 0 Å². The van der Waals surface area contributed by atoms with Gasteiger partial charge < -0.3 is 10.2 Å². The third kappa shape index (κ3) is 0.728. The first-order valence-corrected chi connectivity index (χ1v) is 4.85. The molecule has 0 heterocycles. The van der Waals surface area contributed by atoms with Crippen LogP contribution >= 0.6 is 0 Å². The second-order valence-electron chi connectivity index (χ2n) is 5.00. The summed E-state index contributed by atoms with van der Waals surface area (Å²) in [5, 5.41) is 19.4. The van der Waals surface area contributed by atoms with Gasteiger partial charge in [-0.2, -0.15) is 0 Å². The van der Waals surface area contributed by atoms with Gasteiger partial charge in [0.25, 0.3) is 0 Å². The summed E-state index contributed by atoms with van der Waals surface area (Å²) in [5.74, 6) is 0.808. The van der Waals surface area contributed by atoms with Crippen LogP contribution in [0.3, 0.4) is 0 Å². The predicted octanol–water partition coefficient (Wildman–Crippen LogP) is 1.17. The molecule has 70 valence electrons. The molecular weight excluding hydrogens is 152 g/mol. The van der Waals surface area contributed by atoms with E-state index in [1.165, 1.54) is 6.42 Å². The van der Waals surface area contributed by atoms with Crippen LogP contribution in [0.1, 0.15) is 33.1 Å². The number of aliphatic hydroxyl groups excluding tert-OH is 1. The summed E-state index contributed by atoms with van der Waals surface area (Å²) < 4.78 is 0. The lowest BCUT2D eigenvalue weighted by Gasteiger charge is -2.65. The molecule has 0 unspecified atom stereocenters. The number of hydrogen-bond acceptors (Lipinski definition) is 2. The van der Waals surface area contributed by atoms with Crippen LogP contribution in [0.5, 0.6) is 0 Å². The summed E-state index contributed by atoms with van der Waals surface area (Å²) in [5.41, 5.74) is -0.524. The molecule has 12 heavy (non-hydrogen) atoms. The molecule has 3 aliphatic rings. The third-order valence-electron chi connectivity index (χ3n) is 4.45. The second kappa shape index (κ2) is 2.24. The van der Waals surface area contributed by atoms with Gasteiger partial charge in [-0.25, -0.2) is 0 Å². The fraction of sp³-hybridized carbons (Fsp3) is 1.00. The molecule has 0 aliphatic heterocycles. The molecule has 3 atom stereocenters. The fourth-order valence-corrected chi connectivity index (χ4v) is 3.16. The van der Waals surface area contributed by atoms with Gasteiger partial charge >= 0.3 is 0 Å². The summed E-state index contributed by atoms with van der Waals surface area (Å²) in [6.07, 6.45) is 3.09. The van der Waals surface area contributed by atoms with Crippen LogP contribution in [0.4, 0.5) is 0 Å². The number of hydrogen-bond donors (Lipinski definition) is 2. The van der Waals surface area contributed by atoms with E-state index in [4.69, 9.17) is 5.11 Å². The van der Waals surface area contributed by atoms with Crippen molar-refractivity contribution in [1.29, 1.82) is 0 Å². The van der Waals surface area contributed by atoms with E-state index in [-0.39, 0.29) is 17.9 Å². The van der Waals surface area contributed by atoms with Crippen molar-refractivity contribution in [3.63, 3.8) is 0 Å². The van der Waals surface area contributed by atoms with Gasteiger partial charge in [0, 0.05) is 12.5 Å². The minimum absolute atomic E-state index is 0.0403. The van der Waals surface area contributed by atoms with E-state index < -0.39 is 5.60 Å². The van der Waals surface area contributed by atoms with Crippen molar-refractivity contribution in [2.75, 3.05) is 6.61 Å². The molecule has 0 spiro atoms. The molecule has 3 saturated carbocycles. The van der Waals surface area contributed by atoms with Crippen molar-refractivity contribution in [2.45, 2.75) is 38.7 Å². The zero-order valence-electron chi connectivity index (χ0n) is 7.88. The topological polar surface area (TPSA) is 40.5 Å². The third-order valence-corrected chi connectivity index (χ3v) is 4.45. The van der Waals surface area contributed by atoms with E-state index in [2.05, 4.69) is 13.8 Å². The Hall–Kier alpha value is -0.0800. The maximum absolute atomic E-state index is 10.3. The Balaban J connectivity index is 2.24. The molecule has 0 radical (unpaired) electrons. The summed E-state index contributed by atoms with van der Waals surface area (Å²) in [4.78, 5) is 0. The normalized spacial score (nSPS) is 50.0. The molecule has 3 fully saturated rings. The largest absolute Gasteiger partial charge is 0.396 e. The lowest BCUT2D eigenvalue weighted by atomic mass is 9.43. The maximum atomic E-state index is 10.3. The monoisotopic (exact) mass is 170 g/mol. The highest BCUT2D eigenvalue weighted by Gasteiger charge is 2.64. The molecule has 0 aromatic carbocycles.